The van der Waals surface area contributed by atoms with Gasteiger partial charge >= 0.3 is 0 Å². The summed E-state index contributed by atoms with van der Waals surface area (Å²) >= 11 is 0. The highest BCUT2D eigenvalue weighted by molar-refractivity contribution is 5.94. The van der Waals surface area contributed by atoms with Crippen LogP contribution in [0, 0.1) is 6.92 Å². The molecule has 0 aliphatic carbocycles. The average molecular weight is 375 g/mol. The van der Waals surface area contributed by atoms with E-state index in [4.69, 9.17) is 9.47 Å². The van der Waals surface area contributed by atoms with Crippen LogP contribution < -0.4 is 9.47 Å². The molecule has 0 radical (unpaired) electrons. The van der Waals surface area contributed by atoms with E-state index in [-0.39, 0.29) is 12.0 Å². The van der Waals surface area contributed by atoms with Crippen molar-refractivity contribution in [2.24, 2.45) is 0 Å². The van der Waals surface area contributed by atoms with Crippen molar-refractivity contribution in [1.29, 1.82) is 0 Å². The lowest BCUT2D eigenvalue weighted by molar-refractivity contribution is 0.0771. The summed E-state index contributed by atoms with van der Waals surface area (Å²) in [5.41, 5.74) is 1.48. The lowest BCUT2D eigenvalue weighted by Crippen LogP contribution is -2.31. The summed E-state index contributed by atoms with van der Waals surface area (Å²) in [6, 6.07) is 20.4. The number of ether oxygens (including phenoxy) is 2. The van der Waals surface area contributed by atoms with Crippen LogP contribution in [0.25, 0.3) is 0 Å². The van der Waals surface area contributed by atoms with Gasteiger partial charge in [-0.05, 0) is 49.4 Å². The standard InChI is InChI=1S/C22H21N3O3/c1-16-7-12-21(24-23-16)28-20-13-14-25(15-20)22(26)17-8-10-19(11-9-17)27-18-5-3-2-4-6-18/h2-12,20H,13-15H2,1H3. The van der Waals surface area contributed by atoms with Crippen molar-refractivity contribution in [3.05, 3.63) is 78.0 Å². The minimum Gasteiger partial charge on any atom is -0.471 e. The zero-order valence-electron chi connectivity index (χ0n) is 15.6. The number of benzene rings is 2. The van der Waals surface area contributed by atoms with E-state index in [2.05, 4.69) is 10.2 Å². The van der Waals surface area contributed by atoms with Gasteiger partial charge in [-0.3, -0.25) is 4.79 Å². The Morgan fingerprint density at radius 1 is 0.964 bits per heavy atom. The molecule has 3 aromatic rings. The van der Waals surface area contributed by atoms with Crippen LogP contribution in [0.4, 0.5) is 0 Å². The van der Waals surface area contributed by atoms with Crippen LogP contribution in [0.3, 0.4) is 0 Å². The second kappa shape index (κ2) is 8.08. The number of carbonyl (C=O) groups excluding carboxylic acids is 1. The third-order valence-corrected chi connectivity index (χ3v) is 4.57. The minimum atomic E-state index is -0.0679. The summed E-state index contributed by atoms with van der Waals surface area (Å²) in [6.07, 6.45) is 0.706. The van der Waals surface area contributed by atoms with Crippen LogP contribution in [0.1, 0.15) is 22.5 Å². The molecular weight excluding hydrogens is 354 g/mol. The molecule has 6 heteroatoms. The minimum absolute atomic E-state index is 0.00708. The molecule has 1 unspecified atom stereocenters. The third-order valence-electron chi connectivity index (χ3n) is 4.57. The van der Waals surface area contributed by atoms with E-state index in [1.807, 2.05) is 55.5 Å². The van der Waals surface area contributed by atoms with E-state index in [9.17, 15) is 4.79 Å². The maximum absolute atomic E-state index is 12.8. The number of rotatable bonds is 5. The number of aromatic nitrogens is 2. The Morgan fingerprint density at radius 2 is 1.71 bits per heavy atom. The fourth-order valence-corrected chi connectivity index (χ4v) is 3.10. The second-order valence-corrected chi connectivity index (χ2v) is 6.73. The number of likely N-dealkylation sites (tertiary alicyclic amines) is 1. The van der Waals surface area contributed by atoms with Gasteiger partial charge in [0.15, 0.2) is 0 Å². The van der Waals surface area contributed by atoms with Crippen molar-refractivity contribution >= 4 is 5.91 Å². The van der Waals surface area contributed by atoms with Crippen LogP contribution in [-0.2, 0) is 0 Å². The normalized spacial score (nSPS) is 16.0. The molecule has 6 nitrogen and oxygen atoms in total. The molecule has 1 amide bonds. The van der Waals surface area contributed by atoms with Crippen LogP contribution >= 0.6 is 0 Å². The number of amides is 1. The Labute approximate surface area is 163 Å². The van der Waals surface area contributed by atoms with E-state index >= 15 is 0 Å². The molecular formula is C22H21N3O3. The van der Waals surface area contributed by atoms with Gasteiger partial charge in [-0.25, -0.2) is 0 Å². The van der Waals surface area contributed by atoms with Gasteiger partial charge in [0.25, 0.3) is 5.91 Å². The summed E-state index contributed by atoms with van der Waals surface area (Å²) in [7, 11) is 0. The number of hydrogen-bond donors (Lipinski definition) is 0. The first-order chi connectivity index (χ1) is 13.7. The van der Waals surface area contributed by atoms with E-state index in [0.717, 1.165) is 17.9 Å². The first kappa shape index (κ1) is 18.0. The molecule has 0 N–H and O–H groups in total. The molecule has 1 aliphatic heterocycles. The fraction of sp³-hybridized carbons (Fsp3) is 0.227. The van der Waals surface area contributed by atoms with Crippen LogP contribution in [0.5, 0.6) is 17.4 Å². The monoisotopic (exact) mass is 375 g/mol. The smallest absolute Gasteiger partial charge is 0.253 e. The number of para-hydroxylation sites is 1. The van der Waals surface area contributed by atoms with Crippen LogP contribution in [0.15, 0.2) is 66.7 Å². The van der Waals surface area contributed by atoms with Gasteiger partial charge in [0.2, 0.25) is 5.88 Å². The molecule has 0 bridgehead atoms. The molecule has 4 rings (SSSR count). The summed E-state index contributed by atoms with van der Waals surface area (Å²) in [5.74, 6) is 1.95. The van der Waals surface area contributed by atoms with Crippen molar-refractivity contribution in [3.63, 3.8) is 0 Å². The maximum atomic E-state index is 12.8. The van der Waals surface area contributed by atoms with Crippen molar-refractivity contribution in [2.75, 3.05) is 13.1 Å². The molecule has 1 saturated heterocycles. The van der Waals surface area contributed by atoms with Gasteiger partial charge in [-0.1, -0.05) is 18.2 Å². The van der Waals surface area contributed by atoms with Gasteiger partial charge in [0.05, 0.1) is 12.2 Å². The van der Waals surface area contributed by atoms with Gasteiger partial charge < -0.3 is 14.4 Å². The molecule has 0 saturated carbocycles. The molecule has 0 spiro atoms. The predicted molar refractivity (Wildman–Crippen MR) is 105 cm³/mol. The Kier molecular flexibility index (Phi) is 5.19. The Balaban J connectivity index is 1.34. The molecule has 2 aromatic carbocycles. The second-order valence-electron chi connectivity index (χ2n) is 6.73. The highest BCUT2D eigenvalue weighted by Crippen LogP contribution is 2.23. The van der Waals surface area contributed by atoms with Crippen molar-refractivity contribution in [3.8, 4) is 17.4 Å². The quantitative estimate of drug-likeness (QED) is 0.677. The molecule has 142 valence electrons. The van der Waals surface area contributed by atoms with Gasteiger partial charge in [0, 0.05) is 24.6 Å². The van der Waals surface area contributed by atoms with E-state index in [1.165, 1.54) is 0 Å². The fourth-order valence-electron chi connectivity index (χ4n) is 3.10. The largest absolute Gasteiger partial charge is 0.471 e. The number of carbonyl (C=O) groups is 1. The molecule has 28 heavy (non-hydrogen) atoms. The predicted octanol–water partition coefficient (Wildman–Crippen LogP) is 3.87. The van der Waals surface area contributed by atoms with Crippen LogP contribution in [-0.4, -0.2) is 40.2 Å². The Bertz CT molecular complexity index is 928. The summed E-state index contributed by atoms with van der Waals surface area (Å²) < 4.78 is 11.6. The average Bonchev–Trinajstić information content (AvgIpc) is 3.19. The molecule has 1 fully saturated rings. The van der Waals surface area contributed by atoms with E-state index in [0.29, 0.717) is 30.3 Å². The Hall–Kier alpha value is -3.41. The van der Waals surface area contributed by atoms with Gasteiger partial charge in [-0.15, -0.1) is 5.10 Å². The van der Waals surface area contributed by atoms with Crippen molar-refractivity contribution in [1.82, 2.24) is 15.1 Å². The lowest BCUT2D eigenvalue weighted by atomic mass is 10.2. The first-order valence-corrected chi connectivity index (χ1v) is 9.26. The van der Waals surface area contributed by atoms with Crippen LogP contribution in [0.2, 0.25) is 0 Å². The summed E-state index contributed by atoms with van der Waals surface area (Å²) in [5, 5.41) is 8.02. The zero-order chi connectivity index (χ0) is 19.3. The molecule has 2 heterocycles. The lowest BCUT2D eigenvalue weighted by Gasteiger charge is -2.17. The SMILES string of the molecule is Cc1ccc(OC2CCN(C(=O)c3ccc(Oc4ccccc4)cc3)C2)nn1. The number of hydrogen-bond acceptors (Lipinski definition) is 5. The van der Waals surface area contributed by atoms with Crippen molar-refractivity contribution in [2.45, 2.75) is 19.4 Å². The van der Waals surface area contributed by atoms with E-state index in [1.54, 1.807) is 23.1 Å². The van der Waals surface area contributed by atoms with Crippen molar-refractivity contribution < 1.29 is 14.3 Å². The van der Waals surface area contributed by atoms with Gasteiger partial charge in [0.1, 0.15) is 17.6 Å². The van der Waals surface area contributed by atoms with Gasteiger partial charge in [-0.2, -0.15) is 5.10 Å². The third kappa shape index (κ3) is 4.28. The Morgan fingerprint density at radius 3 is 2.43 bits per heavy atom. The first-order valence-electron chi connectivity index (χ1n) is 9.26. The highest BCUT2D eigenvalue weighted by Gasteiger charge is 2.28. The molecule has 1 aliphatic rings. The molecule has 1 aromatic heterocycles. The number of aryl methyl sites for hydroxylation is 1. The molecule has 1 atom stereocenters. The zero-order valence-corrected chi connectivity index (χ0v) is 15.6. The summed E-state index contributed by atoms with van der Waals surface area (Å²) in [4.78, 5) is 14.6. The maximum Gasteiger partial charge on any atom is 0.253 e. The number of nitrogens with zero attached hydrogens (tertiary/aromatic N) is 3. The topological polar surface area (TPSA) is 64.5 Å². The van der Waals surface area contributed by atoms with E-state index < -0.39 is 0 Å². The summed E-state index contributed by atoms with van der Waals surface area (Å²) in [6.45, 7) is 3.07. The highest BCUT2D eigenvalue weighted by atomic mass is 16.5.